The number of amides is 1. The number of hydrogen-bond donors (Lipinski definition) is 0. The smallest absolute Gasteiger partial charge is 0.260 e. The van der Waals surface area contributed by atoms with Gasteiger partial charge < -0.3 is 19.3 Å². The fourth-order valence-corrected chi connectivity index (χ4v) is 6.12. The van der Waals surface area contributed by atoms with Gasteiger partial charge in [-0.15, -0.1) is 0 Å². The summed E-state index contributed by atoms with van der Waals surface area (Å²) in [7, 11) is -1.83. The SMILES string of the molecule is COc1ccccc1N1CCN(C(=O)COc2ccc(S(=O)(=O)N3CCCCC3)cc2C)CC1. The summed E-state index contributed by atoms with van der Waals surface area (Å²) in [5, 5.41) is 0. The molecular weight excluding hydrogens is 454 g/mol. The molecular formula is C25H33N3O5S. The van der Waals surface area contributed by atoms with Gasteiger partial charge in [-0.25, -0.2) is 8.42 Å². The van der Waals surface area contributed by atoms with Crippen LogP contribution in [0, 0.1) is 6.92 Å². The summed E-state index contributed by atoms with van der Waals surface area (Å²) >= 11 is 0. The number of carbonyl (C=O) groups is 1. The molecule has 0 radical (unpaired) electrons. The van der Waals surface area contributed by atoms with Gasteiger partial charge in [0.15, 0.2) is 6.61 Å². The fourth-order valence-electron chi connectivity index (χ4n) is 4.52. The number of carbonyl (C=O) groups excluding carboxylic acids is 1. The molecule has 184 valence electrons. The molecule has 4 rings (SSSR count). The maximum absolute atomic E-state index is 12.9. The van der Waals surface area contributed by atoms with Crippen LogP contribution in [0.5, 0.6) is 11.5 Å². The minimum atomic E-state index is -3.49. The van der Waals surface area contributed by atoms with E-state index in [-0.39, 0.29) is 17.4 Å². The first-order chi connectivity index (χ1) is 16.4. The van der Waals surface area contributed by atoms with Crippen molar-refractivity contribution in [3.63, 3.8) is 0 Å². The zero-order valence-corrected chi connectivity index (χ0v) is 20.7. The molecule has 0 aromatic heterocycles. The molecule has 0 spiro atoms. The van der Waals surface area contributed by atoms with E-state index in [0.29, 0.717) is 50.6 Å². The molecule has 2 heterocycles. The van der Waals surface area contributed by atoms with Crippen LogP contribution in [-0.2, 0) is 14.8 Å². The second-order valence-corrected chi connectivity index (χ2v) is 10.7. The van der Waals surface area contributed by atoms with E-state index in [1.54, 1.807) is 41.4 Å². The molecule has 2 aromatic rings. The highest BCUT2D eigenvalue weighted by molar-refractivity contribution is 7.89. The third-order valence-electron chi connectivity index (χ3n) is 6.51. The number of hydrogen-bond acceptors (Lipinski definition) is 6. The maximum atomic E-state index is 12.9. The number of benzene rings is 2. The Bertz CT molecular complexity index is 1110. The molecule has 34 heavy (non-hydrogen) atoms. The Labute approximate surface area is 202 Å². The molecule has 2 aliphatic heterocycles. The summed E-state index contributed by atoms with van der Waals surface area (Å²) in [4.78, 5) is 17.0. The predicted octanol–water partition coefficient (Wildman–Crippen LogP) is 2.91. The van der Waals surface area contributed by atoms with E-state index in [2.05, 4.69) is 4.90 Å². The van der Waals surface area contributed by atoms with E-state index in [0.717, 1.165) is 30.7 Å². The van der Waals surface area contributed by atoms with Gasteiger partial charge in [0.05, 0.1) is 17.7 Å². The number of piperazine rings is 1. The van der Waals surface area contributed by atoms with Gasteiger partial charge in [-0.05, 0) is 55.7 Å². The first-order valence-electron chi connectivity index (χ1n) is 11.8. The van der Waals surface area contributed by atoms with Crippen LogP contribution >= 0.6 is 0 Å². The summed E-state index contributed by atoms with van der Waals surface area (Å²) in [6, 6.07) is 12.7. The summed E-state index contributed by atoms with van der Waals surface area (Å²) < 4.78 is 38.6. The molecule has 0 N–H and O–H groups in total. The van der Waals surface area contributed by atoms with E-state index in [1.807, 2.05) is 24.3 Å². The summed E-state index contributed by atoms with van der Waals surface area (Å²) in [6.07, 6.45) is 2.87. The number of aryl methyl sites for hydroxylation is 1. The van der Waals surface area contributed by atoms with Crippen molar-refractivity contribution in [2.24, 2.45) is 0 Å². The molecule has 9 heteroatoms. The van der Waals surface area contributed by atoms with Gasteiger partial charge in [-0.2, -0.15) is 4.31 Å². The van der Waals surface area contributed by atoms with Crippen LogP contribution in [0.4, 0.5) is 5.69 Å². The second kappa shape index (κ2) is 10.7. The van der Waals surface area contributed by atoms with Gasteiger partial charge in [0.25, 0.3) is 5.91 Å². The second-order valence-electron chi connectivity index (χ2n) is 8.72. The molecule has 0 unspecified atom stereocenters. The minimum Gasteiger partial charge on any atom is -0.495 e. The van der Waals surface area contributed by atoms with E-state index >= 15 is 0 Å². The number of piperidine rings is 1. The molecule has 8 nitrogen and oxygen atoms in total. The van der Waals surface area contributed by atoms with E-state index < -0.39 is 10.0 Å². The number of sulfonamides is 1. The summed E-state index contributed by atoms with van der Waals surface area (Å²) in [5.41, 5.74) is 1.73. The monoisotopic (exact) mass is 487 g/mol. The first-order valence-corrected chi connectivity index (χ1v) is 13.2. The highest BCUT2D eigenvalue weighted by Gasteiger charge is 2.27. The average molecular weight is 488 g/mol. The van der Waals surface area contributed by atoms with E-state index in [4.69, 9.17) is 9.47 Å². The molecule has 2 saturated heterocycles. The van der Waals surface area contributed by atoms with Gasteiger partial charge in [-0.1, -0.05) is 18.6 Å². The minimum absolute atomic E-state index is 0.0757. The third-order valence-corrected chi connectivity index (χ3v) is 8.40. The fraction of sp³-hybridized carbons (Fsp3) is 0.480. The Hall–Kier alpha value is -2.78. The number of para-hydroxylation sites is 2. The highest BCUT2D eigenvalue weighted by Crippen LogP contribution is 2.29. The molecule has 2 aromatic carbocycles. The Kier molecular flexibility index (Phi) is 7.63. The molecule has 0 atom stereocenters. The molecule has 2 aliphatic rings. The number of nitrogens with zero attached hydrogens (tertiary/aromatic N) is 3. The van der Waals surface area contributed by atoms with Crippen molar-refractivity contribution >= 4 is 21.6 Å². The average Bonchev–Trinajstić information content (AvgIpc) is 2.88. The lowest BCUT2D eigenvalue weighted by molar-refractivity contribution is -0.133. The van der Waals surface area contributed by atoms with E-state index in [9.17, 15) is 13.2 Å². The van der Waals surface area contributed by atoms with Crippen LogP contribution in [0.25, 0.3) is 0 Å². The lowest BCUT2D eigenvalue weighted by Gasteiger charge is -2.36. The molecule has 2 fully saturated rings. The quantitative estimate of drug-likeness (QED) is 0.598. The lowest BCUT2D eigenvalue weighted by atomic mass is 10.2. The van der Waals surface area contributed by atoms with E-state index in [1.165, 1.54) is 0 Å². The Balaban J connectivity index is 1.32. The summed E-state index contributed by atoms with van der Waals surface area (Å²) in [5.74, 6) is 1.27. The van der Waals surface area contributed by atoms with Crippen LogP contribution in [0.3, 0.4) is 0 Å². The zero-order valence-electron chi connectivity index (χ0n) is 19.9. The van der Waals surface area contributed by atoms with Crippen LogP contribution in [0.1, 0.15) is 24.8 Å². The Morgan fingerprint density at radius 2 is 1.62 bits per heavy atom. The topological polar surface area (TPSA) is 79.4 Å². The van der Waals surface area contributed by atoms with Crippen molar-refractivity contribution in [2.45, 2.75) is 31.1 Å². The maximum Gasteiger partial charge on any atom is 0.260 e. The van der Waals surface area contributed by atoms with Crippen molar-refractivity contribution in [3.05, 3.63) is 48.0 Å². The van der Waals surface area contributed by atoms with Gasteiger partial charge in [0, 0.05) is 39.3 Å². The predicted molar refractivity (Wildman–Crippen MR) is 131 cm³/mol. The first kappa shape index (κ1) is 24.3. The van der Waals surface area contributed by atoms with Crippen molar-refractivity contribution in [3.8, 4) is 11.5 Å². The van der Waals surface area contributed by atoms with Crippen LogP contribution < -0.4 is 14.4 Å². The highest BCUT2D eigenvalue weighted by atomic mass is 32.2. The Morgan fingerprint density at radius 1 is 0.912 bits per heavy atom. The van der Waals surface area contributed by atoms with Crippen LogP contribution in [-0.4, -0.2) is 76.5 Å². The summed E-state index contributed by atoms with van der Waals surface area (Å²) in [6.45, 7) is 5.51. The van der Waals surface area contributed by atoms with Crippen molar-refractivity contribution in [1.29, 1.82) is 0 Å². The largest absolute Gasteiger partial charge is 0.495 e. The number of ether oxygens (including phenoxy) is 2. The van der Waals surface area contributed by atoms with Gasteiger partial charge in [-0.3, -0.25) is 4.79 Å². The van der Waals surface area contributed by atoms with Gasteiger partial charge in [0.1, 0.15) is 11.5 Å². The van der Waals surface area contributed by atoms with Crippen molar-refractivity contribution in [2.75, 3.05) is 57.9 Å². The van der Waals surface area contributed by atoms with Crippen molar-refractivity contribution < 1.29 is 22.7 Å². The third kappa shape index (κ3) is 5.31. The molecule has 1 amide bonds. The number of methoxy groups -OCH3 is 1. The van der Waals surface area contributed by atoms with Gasteiger partial charge in [0.2, 0.25) is 10.0 Å². The number of anilines is 1. The molecule has 0 saturated carbocycles. The van der Waals surface area contributed by atoms with Gasteiger partial charge >= 0.3 is 0 Å². The standard InChI is InChI=1S/C25H33N3O5S/c1-20-18-21(34(30,31)28-12-6-3-7-13-28)10-11-23(20)33-19-25(29)27-16-14-26(15-17-27)22-8-4-5-9-24(22)32-2/h4-5,8-11,18H,3,6-7,12-17,19H2,1-2H3. The Morgan fingerprint density at radius 3 is 2.29 bits per heavy atom. The lowest BCUT2D eigenvalue weighted by Crippen LogP contribution is -2.50. The zero-order chi connectivity index (χ0) is 24.1. The number of rotatable bonds is 7. The van der Waals surface area contributed by atoms with Crippen LogP contribution in [0.2, 0.25) is 0 Å². The van der Waals surface area contributed by atoms with Crippen molar-refractivity contribution in [1.82, 2.24) is 9.21 Å². The molecule has 0 bridgehead atoms. The van der Waals surface area contributed by atoms with Crippen LogP contribution in [0.15, 0.2) is 47.4 Å². The molecule has 0 aliphatic carbocycles. The normalized spacial score (nSPS) is 17.5.